The molecule has 0 aromatic heterocycles. The molecule has 0 atom stereocenters. The van der Waals surface area contributed by atoms with Crippen LogP contribution in [0.15, 0.2) is 64.6 Å². The Morgan fingerprint density at radius 2 is 1.69 bits per heavy atom. The van der Waals surface area contributed by atoms with Crippen LogP contribution in [-0.2, 0) is 19.1 Å². The molecule has 5 rings (SSSR count). The summed E-state index contributed by atoms with van der Waals surface area (Å²) in [5.74, 6) is 1.47. The third-order valence-corrected chi connectivity index (χ3v) is 6.79. The first kappa shape index (κ1) is 23.7. The zero-order chi connectivity index (χ0) is 24.7. The van der Waals surface area contributed by atoms with Crippen LogP contribution in [0.25, 0.3) is 10.8 Å². The number of hydrogen-bond acceptors (Lipinski definition) is 3. The smallest absolute Gasteiger partial charge is 0.298 e. The molecule has 0 unspecified atom stereocenters. The van der Waals surface area contributed by atoms with Crippen molar-refractivity contribution < 1.29 is 13.2 Å². The summed E-state index contributed by atoms with van der Waals surface area (Å²) in [6, 6.07) is 17.0. The van der Waals surface area contributed by atoms with Gasteiger partial charge in [0.2, 0.25) is 0 Å². The Kier molecular flexibility index (Phi) is 6.26. The quantitative estimate of drug-likeness (QED) is 0.386. The highest BCUT2D eigenvalue weighted by Gasteiger charge is 2.34. The lowest BCUT2D eigenvalue weighted by molar-refractivity contribution is -0.138. The van der Waals surface area contributed by atoms with Gasteiger partial charge in [-0.1, -0.05) is 69.3 Å². The number of fused-ring (bicyclic) bond motifs is 1. The Hall–Kier alpha value is -2.99. The van der Waals surface area contributed by atoms with Gasteiger partial charge in [0.15, 0.2) is 5.84 Å². The summed E-state index contributed by atoms with van der Waals surface area (Å²) < 4.78 is 41.4. The van der Waals surface area contributed by atoms with Crippen LogP contribution < -0.4 is 0 Å². The topological polar surface area (TPSA) is 28.0 Å². The molecule has 0 N–H and O–H groups in total. The van der Waals surface area contributed by atoms with Gasteiger partial charge in [0, 0.05) is 25.2 Å². The minimum absolute atomic E-state index is 0.140. The molecule has 1 fully saturated rings. The number of alkyl halides is 3. The van der Waals surface area contributed by atoms with Crippen molar-refractivity contribution in [3.05, 3.63) is 82.4 Å². The van der Waals surface area contributed by atoms with E-state index in [2.05, 4.69) is 41.1 Å². The zero-order valence-electron chi connectivity index (χ0n) is 20.4. The van der Waals surface area contributed by atoms with Crippen LogP contribution in [0.2, 0.25) is 0 Å². The zero-order valence-corrected chi connectivity index (χ0v) is 20.4. The Morgan fingerprint density at radius 3 is 2.37 bits per heavy atom. The van der Waals surface area contributed by atoms with Crippen molar-refractivity contribution in [3.63, 3.8) is 0 Å². The Bertz CT molecular complexity index is 1310. The molecule has 2 heterocycles. The molecule has 2 aliphatic heterocycles. The Morgan fingerprint density at radius 1 is 0.971 bits per heavy atom. The summed E-state index contributed by atoms with van der Waals surface area (Å²) >= 11 is 0. The number of likely N-dealkylation sites (tertiary alicyclic amines) is 1. The average molecular weight is 478 g/mol. The molecular formula is C29H30F3N3. The summed E-state index contributed by atoms with van der Waals surface area (Å²) in [7, 11) is 0. The van der Waals surface area contributed by atoms with E-state index in [1.54, 1.807) is 12.1 Å². The molecule has 182 valence electrons. The van der Waals surface area contributed by atoms with Crippen LogP contribution in [0, 0.1) is 11.8 Å². The van der Waals surface area contributed by atoms with E-state index in [4.69, 9.17) is 4.99 Å². The minimum atomic E-state index is -4.40. The van der Waals surface area contributed by atoms with Gasteiger partial charge >= 0.3 is 6.18 Å². The van der Waals surface area contributed by atoms with Gasteiger partial charge in [-0.3, -0.25) is 9.89 Å². The lowest BCUT2D eigenvalue weighted by atomic mass is 9.94. The first-order valence-electron chi connectivity index (χ1n) is 12.2. The normalized spacial score (nSPS) is 17.1. The summed E-state index contributed by atoms with van der Waals surface area (Å²) in [5, 5.41) is 2.25. The molecule has 3 nitrogen and oxygen atoms in total. The van der Waals surface area contributed by atoms with Gasteiger partial charge in [-0.05, 0) is 51.8 Å². The third-order valence-electron chi connectivity index (χ3n) is 6.79. The van der Waals surface area contributed by atoms with E-state index in [1.165, 1.54) is 17.0 Å². The highest BCUT2D eigenvalue weighted by Crippen LogP contribution is 2.34. The molecule has 0 saturated carbocycles. The molecule has 35 heavy (non-hydrogen) atoms. The van der Waals surface area contributed by atoms with E-state index in [9.17, 15) is 13.2 Å². The summed E-state index contributed by atoms with van der Waals surface area (Å²) in [5.41, 5.74) is 3.00. The fourth-order valence-corrected chi connectivity index (χ4v) is 5.18. The number of aliphatic imine (C=N–C) groups is 2. The molecule has 3 aromatic carbocycles. The van der Waals surface area contributed by atoms with Crippen LogP contribution in [-0.4, -0.2) is 36.1 Å². The maximum absolute atomic E-state index is 13.8. The highest BCUT2D eigenvalue weighted by molar-refractivity contribution is 6.21. The number of nitrogens with zero attached hydrogens (tertiary/aromatic N) is 3. The number of halogens is 3. The predicted molar refractivity (Wildman–Crippen MR) is 136 cm³/mol. The van der Waals surface area contributed by atoms with Crippen molar-refractivity contribution >= 4 is 22.3 Å². The van der Waals surface area contributed by atoms with Crippen molar-refractivity contribution in [2.45, 2.75) is 39.9 Å². The molecule has 0 amide bonds. The maximum Gasteiger partial charge on any atom is 0.416 e. The second-order valence-electron chi connectivity index (χ2n) is 10.3. The van der Waals surface area contributed by atoms with E-state index in [1.807, 2.05) is 26.0 Å². The van der Waals surface area contributed by atoms with Crippen LogP contribution in [0.3, 0.4) is 0 Å². The van der Waals surface area contributed by atoms with Crippen LogP contribution in [0.4, 0.5) is 13.2 Å². The lowest BCUT2D eigenvalue weighted by Gasteiger charge is -2.37. The number of amidine groups is 1. The third kappa shape index (κ3) is 4.90. The molecule has 3 aromatic rings. The standard InChI is InChI=1S/C29H30F3N3/c1-18(2)12-20-8-9-21(13-26(20)29(30,31)32)27-14-33-28(34-27)25-11-10-22(17-35-15-19(3)16-35)23-6-4-5-7-24(23)25/h4-11,13,18-19H,12,14-17H2,1-3H3. The molecular weight excluding hydrogens is 447 g/mol. The first-order chi connectivity index (χ1) is 16.7. The molecule has 1 saturated heterocycles. The fourth-order valence-electron chi connectivity index (χ4n) is 5.18. The number of rotatable bonds is 6. The van der Waals surface area contributed by atoms with Crippen molar-refractivity contribution in [2.24, 2.45) is 21.8 Å². The largest absolute Gasteiger partial charge is 0.416 e. The van der Waals surface area contributed by atoms with Gasteiger partial charge in [0.25, 0.3) is 0 Å². The molecule has 6 heteroatoms. The maximum atomic E-state index is 13.8. The summed E-state index contributed by atoms with van der Waals surface area (Å²) in [6.45, 7) is 9.54. The number of hydrogen-bond donors (Lipinski definition) is 0. The molecule has 2 aliphatic rings. The van der Waals surface area contributed by atoms with E-state index in [-0.39, 0.29) is 12.5 Å². The van der Waals surface area contributed by atoms with E-state index in [0.29, 0.717) is 29.1 Å². The summed E-state index contributed by atoms with van der Waals surface area (Å²) in [6.07, 6.45) is -4.01. The SMILES string of the molecule is CC(C)Cc1ccc(C2=NC(c3ccc(CN4CC(C)C4)c4ccccc34)=NC2)cc1C(F)(F)F. The van der Waals surface area contributed by atoms with Gasteiger partial charge < -0.3 is 0 Å². The van der Waals surface area contributed by atoms with Crippen molar-refractivity contribution in [1.82, 2.24) is 4.90 Å². The van der Waals surface area contributed by atoms with Gasteiger partial charge in [-0.15, -0.1) is 0 Å². The monoisotopic (exact) mass is 477 g/mol. The van der Waals surface area contributed by atoms with Gasteiger partial charge in [-0.25, -0.2) is 4.99 Å². The van der Waals surface area contributed by atoms with E-state index < -0.39 is 11.7 Å². The van der Waals surface area contributed by atoms with Crippen molar-refractivity contribution in [3.8, 4) is 0 Å². The van der Waals surface area contributed by atoms with Gasteiger partial charge in [0.1, 0.15) is 0 Å². The lowest BCUT2D eigenvalue weighted by Crippen LogP contribution is -2.44. The van der Waals surface area contributed by atoms with E-state index >= 15 is 0 Å². The molecule has 0 aliphatic carbocycles. The highest BCUT2D eigenvalue weighted by atomic mass is 19.4. The van der Waals surface area contributed by atoms with Gasteiger partial charge in [-0.2, -0.15) is 13.2 Å². The minimum Gasteiger partial charge on any atom is -0.298 e. The molecule has 0 bridgehead atoms. The van der Waals surface area contributed by atoms with Crippen molar-refractivity contribution in [2.75, 3.05) is 19.6 Å². The summed E-state index contributed by atoms with van der Waals surface area (Å²) in [4.78, 5) is 11.8. The number of benzene rings is 3. The molecule has 0 radical (unpaired) electrons. The Balaban J connectivity index is 1.46. The second kappa shape index (κ2) is 9.23. The van der Waals surface area contributed by atoms with Crippen LogP contribution in [0.5, 0.6) is 0 Å². The predicted octanol–water partition coefficient (Wildman–Crippen LogP) is 6.76. The molecule has 0 spiro atoms. The van der Waals surface area contributed by atoms with E-state index in [0.717, 1.165) is 36.5 Å². The van der Waals surface area contributed by atoms with Crippen LogP contribution in [0.1, 0.15) is 48.6 Å². The first-order valence-corrected chi connectivity index (χ1v) is 12.2. The Labute approximate surface area is 204 Å². The van der Waals surface area contributed by atoms with Crippen molar-refractivity contribution in [1.29, 1.82) is 0 Å². The average Bonchev–Trinajstić information content (AvgIpc) is 3.27. The van der Waals surface area contributed by atoms with Crippen LogP contribution >= 0.6 is 0 Å². The van der Waals surface area contributed by atoms with Gasteiger partial charge in [0.05, 0.1) is 17.8 Å². The second-order valence-corrected chi connectivity index (χ2v) is 10.3. The fraction of sp³-hybridized carbons (Fsp3) is 0.379.